The molecule has 6 heteroatoms. The lowest BCUT2D eigenvalue weighted by atomic mass is 9.84. The first-order valence-electron chi connectivity index (χ1n) is 7.89. The highest BCUT2D eigenvalue weighted by Crippen LogP contribution is 2.31. The van der Waals surface area contributed by atoms with Gasteiger partial charge in [-0.3, -0.25) is 4.79 Å². The number of halogens is 2. The summed E-state index contributed by atoms with van der Waals surface area (Å²) in [5, 5.41) is 0.656. The Labute approximate surface area is 145 Å². The number of likely N-dealkylation sites (N-methyl/N-ethyl adjacent to an activating group) is 1. The molecule has 2 aliphatic rings. The molecule has 1 saturated heterocycles. The highest BCUT2D eigenvalue weighted by Gasteiger charge is 2.33. The van der Waals surface area contributed by atoms with Crippen molar-refractivity contribution in [1.82, 2.24) is 9.88 Å². The SMILES string of the molecule is CN(C(=O)C1CCC1)C1CCCN(c2ncc(Br)cc2Cl)C1. The lowest BCUT2D eigenvalue weighted by Crippen LogP contribution is -2.51. The van der Waals surface area contributed by atoms with Gasteiger partial charge >= 0.3 is 0 Å². The van der Waals surface area contributed by atoms with E-state index >= 15 is 0 Å². The highest BCUT2D eigenvalue weighted by molar-refractivity contribution is 9.10. The molecule has 120 valence electrons. The Balaban J connectivity index is 1.69. The fourth-order valence-electron chi connectivity index (χ4n) is 3.23. The minimum atomic E-state index is 0.253. The number of aromatic nitrogens is 1. The molecule has 2 fully saturated rings. The lowest BCUT2D eigenvalue weighted by Gasteiger charge is -2.40. The standard InChI is InChI=1S/C16H21BrClN3O/c1-20(16(22)11-4-2-5-11)13-6-3-7-21(10-13)15-14(18)8-12(17)9-19-15/h8-9,11,13H,2-7,10H2,1H3. The Morgan fingerprint density at radius 3 is 2.82 bits per heavy atom. The van der Waals surface area contributed by atoms with Crippen LogP contribution >= 0.6 is 27.5 Å². The fraction of sp³-hybridized carbons (Fsp3) is 0.625. The number of amides is 1. The van der Waals surface area contributed by atoms with Crippen molar-refractivity contribution in [3.8, 4) is 0 Å². The minimum absolute atomic E-state index is 0.253. The zero-order chi connectivity index (χ0) is 15.7. The average Bonchev–Trinajstić information content (AvgIpc) is 2.44. The molecular formula is C16H21BrClN3O. The van der Waals surface area contributed by atoms with Crippen LogP contribution in [0.3, 0.4) is 0 Å². The van der Waals surface area contributed by atoms with Gasteiger partial charge in [0.1, 0.15) is 5.82 Å². The molecule has 0 aromatic carbocycles. The van der Waals surface area contributed by atoms with E-state index < -0.39 is 0 Å². The van der Waals surface area contributed by atoms with Gasteiger partial charge < -0.3 is 9.80 Å². The summed E-state index contributed by atoms with van der Waals surface area (Å²) in [6.45, 7) is 1.75. The van der Waals surface area contributed by atoms with Crippen molar-refractivity contribution in [2.45, 2.75) is 38.1 Å². The zero-order valence-electron chi connectivity index (χ0n) is 12.8. The number of carbonyl (C=O) groups is 1. The van der Waals surface area contributed by atoms with Gasteiger partial charge in [-0.1, -0.05) is 18.0 Å². The largest absolute Gasteiger partial charge is 0.353 e. The smallest absolute Gasteiger partial charge is 0.225 e. The molecule has 0 spiro atoms. The Hall–Kier alpha value is -0.810. The Morgan fingerprint density at radius 1 is 1.41 bits per heavy atom. The van der Waals surface area contributed by atoms with Gasteiger partial charge in [0.25, 0.3) is 0 Å². The van der Waals surface area contributed by atoms with E-state index in [-0.39, 0.29) is 12.0 Å². The van der Waals surface area contributed by atoms with E-state index in [9.17, 15) is 4.79 Å². The second-order valence-electron chi connectivity index (χ2n) is 6.28. The Bertz CT molecular complexity index is 564. The van der Waals surface area contributed by atoms with Crippen LogP contribution < -0.4 is 4.90 Å². The van der Waals surface area contributed by atoms with Gasteiger partial charge in [0.05, 0.1) is 5.02 Å². The van der Waals surface area contributed by atoms with Gasteiger partial charge in [0, 0.05) is 42.8 Å². The molecule has 1 aliphatic carbocycles. The molecule has 1 saturated carbocycles. The summed E-state index contributed by atoms with van der Waals surface area (Å²) in [6, 6.07) is 2.12. The molecular weight excluding hydrogens is 366 g/mol. The zero-order valence-corrected chi connectivity index (χ0v) is 15.1. The first kappa shape index (κ1) is 16.1. The third kappa shape index (κ3) is 3.25. The summed E-state index contributed by atoms with van der Waals surface area (Å²) >= 11 is 9.71. The summed E-state index contributed by atoms with van der Waals surface area (Å²) < 4.78 is 0.882. The molecule has 1 amide bonds. The average molecular weight is 387 g/mol. The van der Waals surface area contributed by atoms with Crippen LogP contribution in [0.5, 0.6) is 0 Å². The van der Waals surface area contributed by atoms with Crippen LogP contribution in [0.15, 0.2) is 16.7 Å². The molecule has 0 N–H and O–H groups in total. The fourth-order valence-corrected chi connectivity index (χ4v) is 3.98. The number of anilines is 1. The quantitative estimate of drug-likeness (QED) is 0.794. The van der Waals surface area contributed by atoms with Gasteiger partial charge in [-0.2, -0.15) is 0 Å². The van der Waals surface area contributed by atoms with Crippen LogP contribution in [-0.4, -0.2) is 42.0 Å². The number of carbonyl (C=O) groups excluding carboxylic acids is 1. The maximum atomic E-state index is 12.4. The summed E-state index contributed by atoms with van der Waals surface area (Å²) in [6.07, 6.45) is 7.19. The molecule has 0 radical (unpaired) electrons. The van der Waals surface area contributed by atoms with E-state index in [2.05, 4.69) is 25.8 Å². The molecule has 1 aliphatic heterocycles. The van der Waals surface area contributed by atoms with E-state index in [1.54, 1.807) is 6.20 Å². The summed E-state index contributed by atoms with van der Waals surface area (Å²) in [5.41, 5.74) is 0. The summed E-state index contributed by atoms with van der Waals surface area (Å²) in [7, 11) is 1.95. The molecule has 2 heterocycles. The van der Waals surface area contributed by atoms with E-state index in [0.29, 0.717) is 10.9 Å². The third-order valence-corrected chi connectivity index (χ3v) is 5.55. The predicted octanol–water partition coefficient (Wildman–Crippen LogP) is 3.72. The van der Waals surface area contributed by atoms with E-state index in [4.69, 9.17) is 11.6 Å². The molecule has 1 aromatic rings. The van der Waals surface area contributed by atoms with Gasteiger partial charge in [-0.25, -0.2) is 4.98 Å². The van der Waals surface area contributed by atoms with E-state index in [0.717, 1.165) is 49.1 Å². The Morgan fingerprint density at radius 2 is 2.18 bits per heavy atom. The number of piperidine rings is 1. The maximum absolute atomic E-state index is 12.4. The van der Waals surface area contributed by atoms with Crippen molar-refractivity contribution < 1.29 is 4.79 Å². The second kappa shape index (κ2) is 6.75. The monoisotopic (exact) mass is 385 g/mol. The number of nitrogens with zero attached hydrogens (tertiary/aromatic N) is 3. The van der Waals surface area contributed by atoms with Crippen LogP contribution in [0.2, 0.25) is 5.02 Å². The van der Waals surface area contributed by atoms with Crippen molar-refractivity contribution in [2.75, 3.05) is 25.0 Å². The number of hydrogen-bond acceptors (Lipinski definition) is 3. The molecule has 1 unspecified atom stereocenters. The minimum Gasteiger partial charge on any atom is -0.353 e. The van der Waals surface area contributed by atoms with Crippen molar-refractivity contribution in [3.63, 3.8) is 0 Å². The van der Waals surface area contributed by atoms with Crippen LogP contribution in [0.25, 0.3) is 0 Å². The first-order chi connectivity index (χ1) is 10.6. The lowest BCUT2D eigenvalue weighted by molar-refractivity contribution is -0.139. The normalized spacial score (nSPS) is 22.3. The van der Waals surface area contributed by atoms with Crippen LogP contribution in [0.1, 0.15) is 32.1 Å². The van der Waals surface area contributed by atoms with E-state index in [1.165, 1.54) is 6.42 Å². The molecule has 1 aromatic heterocycles. The Kier molecular flexibility index (Phi) is 4.93. The topological polar surface area (TPSA) is 36.4 Å². The van der Waals surface area contributed by atoms with Crippen molar-refractivity contribution in [3.05, 3.63) is 21.8 Å². The molecule has 4 nitrogen and oxygen atoms in total. The van der Waals surface area contributed by atoms with Crippen LogP contribution in [-0.2, 0) is 4.79 Å². The maximum Gasteiger partial charge on any atom is 0.225 e. The molecule has 3 rings (SSSR count). The van der Waals surface area contributed by atoms with E-state index in [1.807, 2.05) is 18.0 Å². The van der Waals surface area contributed by atoms with Gasteiger partial charge in [-0.15, -0.1) is 0 Å². The van der Waals surface area contributed by atoms with Crippen molar-refractivity contribution in [1.29, 1.82) is 0 Å². The van der Waals surface area contributed by atoms with Crippen molar-refractivity contribution in [2.24, 2.45) is 5.92 Å². The van der Waals surface area contributed by atoms with Crippen LogP contribution in [0, 0.1) is 5.92 Å². The number of pyridine rings is 1. The van der Waals surface area contributed by atoms with Gasteiger partial charge in [0.15, 0.2) is 0 Å². The van der Waals surface area contributed by atoms with Gasteiger partial charge in [0.2, 0.25) is 5.91 Å². The number of hydrogen-bond donors (Lipinski definition) is 0. The molecule has 0 bridgehead atoms. The van der Waals surface area contributed by atoms with Crippen LogP contribution in [0.4, 0.5) is 5.82 Å². The summed E-state index contributed by atoms with van der Waals surface area (Å²) in [5.74, 6) is 1.39. The third-order valence-electron chi connectivity index (χ3n) is 4.83. The highest BCUT2D eigenvalue weighted by atomic mass is 79.9. The first-order valence-corrected chi connectivity index (χ1v) is 9.06. The molecule has 22 heavy (non-hydrogen) atoms. The molecule has 1 atom stereocenters. The summed E-state index contributed by atoms with van der Waals surface area (Å²) in [4.78, 5) is 21.0. The van der Waals surface area contributed by atoms with Crippen molar-refractivity contribution >= 4 is 39.3 Å². The second-order valence-corrected chi connectivity index (χ2v) is 7.60. The van der Waals surface area contributed by atoms with Gasteiger partial charge in [-0.05, 0) is 47.7 Å². The number of rotatable bonds is 3. The predicted molar refractivity (Wildman–Crippen MR) is 92.3 cm³/mol.